The summed E-state index contributed by atoms with van der Waals surface area (Å²) in [5.74, 6) is 0.857. The third-order valence-electron chi connectivity index (χ3n) is 2.39. The standard InChI is InChI=1S/C12H25NOS/c1-10(2)8-6-4-5-7-9-13-12(14)11(3)15/h10-11,15H,4-9H2,1-3H3,(H,13,14). The van der Waals surface area contributed by atoms with Crippen LogP contribution < -0.4 is 5.32 Å². The molecule has 2 nitrogen and oxygen atoms in total. The largest absolute Gasteiger partial charge is 0.355 e. The number of carbonyl (C=O) groups is 1. The van der Waals surface area contributed by atoms with E-state index in [1.807, 2.05) is 0 Å². The van der Waals surface area contributed by atoms with E-state index in [1.54, 1.807) is 6.92 Å². The Hall–Kier alpha value is -0.180. The summed E-state index contributed by atoms with van der Waals surface area (Å²) in [5.41, 5.74) is 0. The van der Waals surface area contributed by atoms with E-state index in [-0.39, 0.29) is 11.2 Å². The van der Waals surface area contributed by atoms with Crippen molar-refractivity contribution in [2.24, 2.45) is 5.92 Å². The second kappa shape index (κ2) is 9.08. The molecule has 0 fully saturated rings. The number of amides is 1. The molecule has 1 N–H and O–H groups in total. The topological polar surface area (TPSA) is 29.1 Å². The first-order valence-electron chi connectivity index (χ1n) is 5.99. The molecule has 0 saturated carbocycles. The zero-order valence-corrected chi connectivity index (χ0v) is 11.1. The first-order valence-corrected chi connectivity index (χ1v) is 6.51. The third-order valence-corrected chi connectivity index (χ3v) is 2.62. The summed E-state index contributed by atoms with van der Waals surface area (Å²) in [6, 6.07) is 0. The molecule has 0 rings (SSSR count). The van der Waals surface area contributed by atoms with E-state index in [9.17, 15) is 4.79 Å². The monoisotopic (exact) mass is 231 g/mol. The molecule has 90 valence electrons. The highest BCUT2D eigenvalue weighted by atomic mass is 32.1. The minimum Gasteiger partial charge on any atom is -0.355 e. The van der Waals surface area contributed by atoms with Gasteiger partial charge in [-0.3, -0.25) is 4.79 Å². The predicted molar refractivity (Wildman–Crippen MR) is 69.4 cm³/mol. The number of rotatable bonds is 8. The van der Waals surface area contributed by atoms with Crippen molar-refractivity contribution in [3.63, 3.8) is 0 Å². The maximum absolute atomic E-state index is 11.1. The van der Waals surface area contributed by atoms with Gasteiger partial charge >= 0.3 is 0 Å². The molecule has 0 aromatic carbocycles. The van der Waals surface area contributed by atoms with Gasteiger partial charge in [0.2, 0.25) is 5.91 Å². The molecule has 15 heavy (non-hydrogen) atoms. The van der Waals surface area contributed by atoms with Gasteiger partial charge < -0.3 is 5.32 Å². The molecule has 0 aliphatic carbocycles. The first-order chi connectivity index (χ1) is 7.04. The van der Waals surface area contributed by atoms with Gasteiger partial charge in [0.05, 0.1) is 5.25 Å². The van der Waals surface area contributed by atoms with Crippen molar-refractivity contribution in [3.05, 3.63) is 0 Å². The van der Waals surface area contributed by atoms with E-state index >= 15 is 0 Å². The van der Waals surface area contributed by atoms with Crippen LogP contribution in [0.3, 0.4) is 0 Å². The Balaban J connectivity index is 3.15. The molecule has 0 aliphatic rings. The third kappa shape index (κ3) is 10.1. The molecule has 0 aromatic rings. The lowest BCUT2D eigenvalue weighted by Gasteiger charge is -2.07. The number of nitrogens with one attached hydrogen (secondary N) is 1. The van der Waals surface area contributed by atoms with Gasteiger partial charge in [-0.15, -0.1) is 0 Å². The summed E-state index contributed by atoms with van der Waals surface area (Å²) in [6.07, 6.45) is 6.22. The molecular formula is C12H25NOS. The average molecular weight is 231 g/mol. The van der Waals surface area contributed by atoms with E-state index in [0.717, 1.165) is 18.9 Å². The summed E-state index contributed by atoms with van der Waals surface area (Å²) >= 11 is 4.06. The average Bonchev–Trinajstić information content (AvgIpc) is 2.15. The second-order valence-electron chi connectivity index (χ2n) is 4.56. The van der Waals surface area contributed by atoms with E-state index in [0.29, 0.717) is 0 Å². The highest BCUT2D eigenvalue weighted by Crippen LogP contribution is 2.08. The lowest BCUT2D eigenvalue weighted by atomic mass is 10.0. The van der Waals surface area contributed by atoms with Gasteiger partial charge in [-0.1, -0.05) is 39.5 Å². The maximum Gasteiger partial charge on any atom is 0.232 e. The van der Waals surface area contributed by atoms with Crippen molar-refractivity contribution in [1.82, 2.24) is 5.32 Å². The molecule has 0 aromatic heterocycles. The van der Waals surface area contributed by atoms with Crippen molar-refractivity contribution in [1.29, 1.82) is 0 Å². The fourth-order valence-corrected chi connectivity index (χ4v) is 1.48. The summed E-state index contributed by atoms with van der Waals surface area (Å²) in [7, 11) is 0. The molecule has 1 unspecified atom stereocenters. The zero-order valence-electron chi connectivity index (χ0n) is 10.3. The van der Waals surface area contributed by atoms with Crippen molar-refractivity contribution < 1.29 is 4.79 Å². The molecule has 0 spiro atoms. The number of hydrogen-bond acceptors (Lipinski definition) is 2. The van der Waals surface area contributed by atoms with E-state index < -0.39 is 0 Å². The molecule has 0 saturated heterocycles. The highest BCUT2D eigenvalue weighted by Gasteiger charge is 2.05. The van der Waals surface area contributed by atoms with E-state index in [1.165, 1.54) is 25.7 Å². The van der Waals surface area contributed by atoms with Gasteiger partial charge in [-0.2, -0.15) is 12.6 Å². The SMILES string of the molecule is CC(C)CCCCCCNC(=O)C(C)S. The van der Waals surface area contributed by atoms with Crippen LogP contribution in [0.5, 0.6) is 0 Å². The lowest BCUT2D eigenvalue weighted by Crippen LogP contribution is -2.30. The molecule has 1 amide bonds. The fraction of sp³-hybridized carbons (Fsp3) is 0.917. The maximum atomic E-state index is 11.1. The zero-order chi connectivity index (χ0) is 11.7. The van der Waals surface area contributed by atoms with Gasteiger partial charge in [0, 0.05) is 6.54 Å². The summed E-state index contributed by atoms with van der Waals surface area (Å²) in [4.78, 5) is 11.1. The van der Waals surface area contributed by atoms with Gasteiger partial charge in [-0.25, -0.2) is 0 Å². The van der Waals surface area contributed by atoms with Crippen LogP contribution in [0.4, 0.5) is 0 Å². The Labute approximate surface area is 99.6 Å². The van der Waals surface area contributed by atoms with Gasteiger partial charge in [-0.05, 0) is 19.3 Å². The minimum absolute atomic E-state index is 0.0421. The van der Waals surface area contributed by atoms with Gasteiger partial charge in [0.1, 0.15) is 0 Å². The molecule has 0 radical (unpaired) electrons. The van der Waals surface area contributed by atoms with Gasteiger partial charge in [0.15, 0.2) is 0 Å². The molecule has 0 heterocycles. The highest BCUT2D eigenvalue weighted by molar-refractivity contribution is 7.81. The Morgan fingerprint density at radius 2 is 1.73 bits per heavy atom. The van der Waals surface area contributed by atoms with E-state index in [4.69, 9.17) is 0 Å². The van der Waals surface area contributed by atoms with Crippen LogP contribution in [-0.4, -0.2) is 17.7 Å². The molecular weight excluding hydrogens is 206 g/mol. The van der Waals surface area contributed by atoms with Crippen molar-refractivity contribution in [3.8, 4) is 0 Å². The van der Waals surface area contributed by atoms with Crippen LogP contribution >= 0.6 is 12.6 Å². The molecule has 3 heteroatoms. The van der Waals surface area contributed by atoms with Crippen LogP contribution in [0.2, 0.25) is 0 Å². The Bertz CT molecular complexity index is 169. The lowest BCUT2D eigenvalue weighted by molar-refractivity contribution is -0.120. The number of thiol groups is 1. The quantitative estimate of drug-likeness (QED) is 0.488. The number of carbonyl (C=O) groups excluding carboxylic acids is 1. The van der Waals surface area contributed by atoms with Crippen molar-refractivity contribution in [2.45, 2.75) is 58.1 Å². The number of hydrogen-bond donors (Lipinski definition) is 2. The normalized spacial score (nSPS) is 12.9. The summed E-state index contributed by atoms with van der Waals surface area (Å²) < 4.78 is 0. The number of unbranched alkanes of at least 4 members (excludes halogenated alkanes) is 3. The Kier molecular flexibility index (Phi) is 8.97. The van der Waals surface area contributed by atoms with Crippen molar-refractivity contribution in [2.75, 3.05) is 6.54 Å². The molecule has 1 atom stereocenters. The van der Waals surface area contributed by atoms with E-state index in [2.05, 4.69) is 31.8 Å². The minimum atomic E-state index is -0.189. The van der Waals surface area contributed by atoms with Crippen LogP contribution in [0.25, 0.3) is 0 Å². The smallest absolute Gasteiger partial charge is 0.232 e. The predicted octanol–water partition coefficient (Wildman–Crippen LogP) is 3.03. The van der Waals surface area contributed by atoms with Crippen LogP contribution in [0.15, 0.2) is 0 Å². The summed E-state index contributed by atoms with van der Waals surface area (Å²) in [5, 5.41) is 2.68. The van der Waals surface area contributed by atoms with Crippen LogP contribution in [0, 0.1) is 5.92 Å². The van der Waals surface area contributed by atoms with Gasteiger partial charge in [0.25, 0.3) is 0 Å². The second-order valence-corrected chi connectivity index (χ2v) is 5.34. The summed E-state index contributed by atoms with van der Waals surface area (Å²) in [6.45, 7) is 7.11. The first kappa shape index (κ1) is 14.8. The van der Waals surface area contributed by atoms with Crippen LogP contribution in [0.1, 0.15) is 52.9 Å². The molecule has 0 aliphatic heterocycles. The Morgan fingerprint density at radius 1 is 1.13 bits per heavy atom. The Morgan fingerprint density at radius 3 is 2.27 bits per heavy atom. The van der Waals surface area contributed by atoms with Crippen molar-refractivity contribution >= 4 is 18.5 Å². The molecule has 0 bridgehead atoms. The van der Waals surface area contributed by atoms with Crippen LogP contribution in [-0.2, 0) is 4.79 Å². The fourth-order valence-electron chi connectivity index (χ4n) is 1.39.